The first-order valence-corrected chi connectivity index (χ1v) is 6.60. The maximum atomic E-state index is 6.22. The average molecular weight is 276 g/mol. The molecule has 0 spiro atoms. The first-order chi connectivity index (χ1) is 9.34. The number of rotatable bonds is 2. The van der Waals surface area contributed by atoms with Gasteiger partial charge in [0.25, 0.3) is 0 Å². The van der Waals surface area contributed by atoms with Gasteiger partial charge in [0.15, 0.2) is 0 Å². The largest absolute Gasteiger partial charge is 0.370 e. The minimum absolute atomic E-state index is 0.0359. The van der Waals surface area contributed by atoms with Gasteiger partial charge >= 0.3 is 0 Å². The van der Waals surface area contributed by atoms with Gasteiger partial charge in [-0.1, -0.05) is 29.8 Å². The summed E-state index contributed by atoms with van der Waals surface area (Å²) in [5, 5.41) is 0.739. The summed E-state index contributed by atoms with van der Waals surface area (Å²) in [4.78, 5) is 10.7. The van der Waals surface area contributed by atoms with E-state index in [0.29, 0.717) is 13.2 Å². The van der Waals surface area contributed by atoms with Crippen molar-refractivity contribution in [1.29, 1.82) is 0 Å². The Hall–Kier alpha value is -1.65. The number of aromatic nitrogens is 2. The van der Waals surface area contributed by atoms with Crippen LogP contribution >= 0.6 is 11.6 Å². The van der Waals surface area contributed by atoms with Crippen molar-refractivity contribution >= 4 is 17.5 Å². The molecule has 0 N–H and O–H groups in total. The molecular weight excluding hydrogens is 262 g/mol. The molecule has 5 heteroatoms. The third kappa shape index (κ3) is 2.69. The summed E-state index contributed by atoms with van der Waals surface area (Å²) in [7, 11) is 0. The highest BCUT2D eigenvalue weighted by Gasteiger charge is 2.24. The van der Waals surface area contributed by atoms with Gasteiger partial charge in [-0.2, -0.15) is 0 Å². The van der Waals surface area contributed by atoms with Gasteiger partial charge in [0.1, 0.15) is 6.10 Å². The lowest BCUT2D eigenvalue weighted by atomic mass is 10.1. The van der Waals surface area contributed by atoms with Crippen molar-refractivity contribution < 1.29 is 4.74 Å². The van der Waals surface area contributed by atoms with E-state index in [1.54, 1.807) is 12.4 Å². The Morgan fingerprint density at radius 2 is 1.95 bits per heavy atom. The van der Waals surface area contributed by atoms with Crippen LogP contribution in [-0.4, -0.2) is 29.7 Å². The number of nitrogens with zero attached hydrogens (tertiary/aromatic N) is 3. The second-order valence-corrected chi connectivity index (χ2v) is 4.78. The fraction of sp³-hybridized carbons (Fsp3) is 0.286. The molecule has 0 radical (unpaired) electrons. The Balaban J connectivity index is 1.81. The first-order valence-electron chi connectivity index (χ1n) is 6.22. The van der Waals surface area contributed by atoms with Crippen LogP contribution in [0.1, 0.15) is 11.7 Å². The maximum absolute atomic E-state index is 6.22. The fourth-order valence-corrected chi connectivity index (χ4v) is 2.47. The molecule has 1 fully saturated rings. The van der Waals surface area contributed by atoms with Gasteiger partial charge in [0, 0.05) is 29.5 Å². The van der Waals surface area contributed by atoms with Crippen LogP contribution in [0.4, 0.5) is 5.95 Å². The molecule has 1 aromatic carbocycles. The van der Waals surface area contributed by atoms with Gasteiger partial charge in [-0.25, -0.2) is 9.97 Å². The topological polar surface area (TPSA) is 38.2 Å². The Morgan fingerprint density at radius 1 is 1.16 bits per heavy atom. The lowest BCUT2D eigenvalue weighted by Crippen LogP contribution is -2.39. The predicted molar refractivity (Wildman–Crippen MR) is 74.4 cm³/mol. The van der Waals surface area contributed by atoms with Gasteiger partial charge in [-0.05, 0) is 12.1 Å². The molecule has 1 saturated heterocycles. The van der Waals surface area contributed by atoms with Crippen LogP contribution in [0.3, 0.4) is 0 Å². The average Bonchev–Trinajstić information content (AvgIpc) is 2.49. The standard InChI is InChI=1S/C14H14ClN3O/c15-12-5-2-1-4-11(12)13-10-18(8-9-19-13)14-16-6-3-7-17-14/h1-7,13H,8-10H2. The van der Waals surface area contributed by atoms with Crippen LogP contribution in [0.25, 0.3) is 0 Å². The van der Waals surface area contributed by atoms with Crippen molar-refractivity contribution in [1.82, 2.24) is 9.97 Å². The second kappa shape index (κ2) is 5.55. The zero-order valence-corrected chi connectivity index (χ0v) is 11.1. The summed E-state index contributed by atoms with van der Waals surface area (Å²) in [6, 6.07) is 9.60. The third-order valence-electron chi connectivity index (χ3n) is 3.15. The lowest BCUT2D eigenvalue weighted by Gasteiger charge is -2.33. The summed E-state index contributed by atoms with van der Waals surface area (Å²) < 4.78 is 5.81. The summed E-state index contributed by atoms with van der Waals surface area (Å²) in [5.74, 6) is 0.739. The summed E-state index contributed by atoms with van der Waals surface area (Å²) >= 11 is 6.22. The highest BCUT2D eigenvalue weighted by molar-refractivity contribution is 6.31. The van der Waals surface area contributed by atoms with Crippen LogP contribution in [0, 0.1) is 0 Å². The fourth-order valence-electron chi connectivity index (χ4n) is 2.21. The molecule has 0 aliphatic carbocycles. The molecule has 1 aliphatic heterocycles. The van der Waals surface area contributed by atoms with Gasteiger partial charge in [0.05, 0.1) is 13.2 Å². The number of anilines is 1. The SMILES string of the molecule is Clc1ccccc1C1CN(c2ncccn2)CCO1. The number of hydrogen-bond acceptors (Lipinski definition) is 4. The zero-order chi connectivity index (χ0) is 13.1. The van der Waals surface area contributed by atoms with E-state index in [4.69, 9.17) is 16.3 Å². The summed E-state index contributed by atoms with van der Waals surface area (Å²) in [6.45, 7) is 2.16. The number of hydrogen-bond donors (Lipinski definition) is 0. The quantitative estimate of drug-likeness (QED) is 0.845. The summed E-state index contributed by atoms with van der Waals surface area (Å²) in [6.07, 6.45) is 3.47. The van der Waals surface area contributed by atoms with Crippen LogP contribution in [0.5, 0.6) is 0 Å². The molecule has 1 aromatic heterocycles. The molecule has 2 aromatic rings. The summed E-state index contributed by atoms with van der Waals surface area (Å²) in [5.41, 5.74) is 1.02. The molecule has 4 nitrogen and oxygen atoms in total. The highest BCUT2D eigenvalue weighted by Crippen LogP contribution is 2.29. The van der Waals surface area contributed by atoms with Crippen molar-refractivity contribution in [3.8, 4) is 0 Å². The van der Waals surface area contributed by atoms with Gasteiger partial charge in [0.2, 0.25) is 5.95 Å². The molecule has 98 valence electrons. The van der Waals surface area contributed by atoms with Crippen molar-refractivity contribution in [2.45, 2.75) is 6.10 Å². The van der Waals surface area contributed by atoms with E-state index in [1.807, 2.05) is 30.3 Å². The van der Waals surface area contributed by atoms with Crippen molar-refractivity contribution in [3.05, 3.63) is 53.3 Å². The highest BCUT2D eigenvalue weighted by atomic mass is 35.5. The van der Waals surface area contributed by atoms with E-state index in [1.165, 1.54) is 0 Å². The van der Waals surface area contributed by atoms with E-state index in [9.17, 15) is 0 Å². The van der Waals surface area contributed by atoms with Crippen molar-refractivity contribution in [3.63, 3.8) is 0 Å². The predicted octanol–water partition coefficient (Wildman–Crippen LogP) is 2.71. The minimum atomic E-state index is -0.0359. The Kier molecular flexibility index (Phi) is 3.62. The van der Waals surface area contributed by atoms with Crippen molar-refractivity contribution in [2.24, 2.45) is 0 Å². The third-order valence-corrected chi connectivity index (χ3v) is 3.50. The van der Waals surface area contributed by atoms with E-state index >= 15 is 0 Å². The van der Waals surface area contributed by atoms with Gasteiger partial charge in [-0.3, -0.25) is 0 Å². The second-order valence-electron chi connectivity index (χ2n) is 4.38. The van der Waals surface area contributed by atoms with Crippen LogP contribution < -0.4 is 4.90 Å². The minimum Gasteiger partial charge on any atom is -0.370 e. The number of benzene rings is 1. The van der Waals surface area contributed by atoms with E-state index in [-0.39, 0.29) is 6.10 Å². The maximum Gasteiger partial charge on any atom is 0.225 e. The van der Waals surface area contributed by atoms with Gasteiger partial charge in [-0.15, -0.1) is 0 Å². The van der Waals surface area contributed by atoms with Crippen LogP contribution in [0.15, 0.2) is 42.7 Å². The van der Waals surface area contributed by atoms with E-state index in [0.717, 1.165) is 23.1 Å². The molecular formula is C14H14ClN3O. The first kappa shape index (κ1) is 12.4. The van der Waals surface area contributed by atoms with E-state index in [2.05, 4.69) is 14.9 Å². The molecule has 3 rings (SSSR count). The smallest absolute Gasteiger partial charge is 0.225 e. The lowest BCUT2D eigenvalue weighted by molar-refractivity contribution is 0.0393. The number of ether oxygens (including phenoxy) is 1. The van der Waals surface area contributed by atoms with Crippen molar-refractivity contribution in [2.75, 3.05) is 24.6 Å². The van der Waals surface area contributed by atoms with Crippen LogP contribution in [-0.2, 0) is 4.74 Å². The molecule has 0 saturated carbocycles. The molecule has 19 heavy (non-hydrogen) atoms. The Morgan fingerprint density at radius 3 is 2.74 bits per heavy atom. The normalized spacial score (nSPS) is 19.4. The molecule has 0 bridgehead atoms. The van der Waals surface area contributed by atoms with Gasteiger partial charge < -0.3 is 9.64 Å². The Bertz CT molecular complexity index is 549. The molecule has 0 amide bonds. The molecule has 1 atom stereocenters. The van der Waals surface area contributed by atoms with Crippen LogP contribution in [0.2, 0.25) is 5.02 Å². The Labute approximate surface area is 117 Å². The number of halogens is 1. The molecule has 1 aliphatic rings. The zero-order valence-electron chi connectivity index (χ0n) is 10.4. The molecule has 2 heterocycles. The molecule has 1 unspecified atom stereocenters. The van der Waals surface area contributed by atoms with E-state index < -0.39 is 0 Å². The number of morpholine rings is 1. The monoisotopic (exact) mass is 275 g/mol.